The van der Waals surface area contributed by atoms with Gasteiger partial charge in [-0.05, 0) is 61.3 Å². The molecule has 0 radical (unpaired) electrons. The summed E-state index contributed by atoms with van der Waals surface area (Å²) in [5.41, 5.74) is 1.02. The lowest BCUT2D eigenvalue weighted by atomic mass is 9.70. The number of ether oxygens (including phenoxy) is 1. The highest BCUT2D eigenvalue weighted by molar-refractivity contribution is 5.94. The maximum Gasteiger partial charge on any atom is 0.251 e. The average molecular weight is 317 g/mol. The molecule has 1 aromatic rings. The molecule has 3 heteroatoms. The van der Waals surface area contributed by atoms with Crippen LogP contribution in [0, 0.1) is 11.3 Å². The van der Waals surface area contributed by atoms with E-state index >= 15 is 0 Å². The molecule has 0 heterocycles. The lowest BCUT2D eigenvalue weighted by Crippen LogP contribution is -2.42. The summed E-state index contributed by atoms with van der Waals surface area (Å²) < 4.78 is 5.64. The fourth-order valence-electron chi connectivity index (χ4n) is 3.76. The Kier molecular flexibility index (Phi) is 6.09. The van der Waals surface area contributed by atoms with Crippen LogP contribution < -0.4 is 10.1 Å². The van der Waals surface area contributed by atoms with Crippen molar-refractivity contribution in [1.82, 2.24) is 5.32 Å². The molecule has 0 spiro atoms. The topological polar surface area (TPSA) is 38.3 Å². The Labute approximate surface area is 140 Å². The number of nitrogens with one attached hydrogen (secondary N) is 1. The van der Waals surface area contributed by atoms with Crippen molar-refractivity contribution in [3.63, 3.8) is 0 Å². The summed E-state index contributed by atoms with van der Waals surface area (Å²) in [5, 5.41) is 3.21. The van der Waals surface area contributed by atoms with E-state index in [2.05, 4.69) is 33.0 Å². The molecule has 1 saturated carbocycles. The first-order chi connectivity index (χ1) is 10.9. The third-order valence-electron chi connectivity index (χ3n) is 4.61. The molecular formula is C20H31NO2. The van der Waals surface area contributed by atoms with Gasteiger partial charge < -0.3 is 10.1 Å². The first-order valence-corrected chi connectivity index (χ1v) is 8.93. The van der Waals surface area contributed by atoms with Crippen LogP contribution >= 0.6 is 0 Å². The number of carbonyl (C=O) groups is 1. The van der Waals surface area contributed by atoms with Gasteiger partial charge in [0.25, 0.3) is 5.91 Å². The standard InChI is InChI=1S/C20H31NO2/c1-5-6-11-23-18-9-7-16(8-10-18)19(22)21-17-12-15(2)13-20(3,4)14-17/h7-10,15,17H,5-6,11-14H2,1-4H3,(H,21,22)/t15-,17-/m0/s1. The first kappa shape index (κ1) is 17.8. The fourth-order valence-corrected chi connectivity index (χ4v) is 3.76. The zero-order valence-corrected chi connectivity index (χ0v) is 15.0. The van der Waals surface area contributed by atoms with Gasteiger partial charge >= 0.3 is 0 Å². The summed E-state index contributed by atoms with van der Waals surface area (Å²) in [5.74, 6) is 1.53. The van der Waals surface area contributed by atoms with Gasteiger partial charge in [-0.15, -0.1) is 0 Å². The number of rotatable bonds is 6. The molecule has 2 atom stereocenters. The van der Waals surface area contributed by atoms with Crippen LogP contribution in [0.3, 0.4) is 0 Å². The van der Waals surface area contributed by atoms with Crippen LogP contribution in [-0.2, 0) is 0 Å². The van der Waals surface area contributed by atoms with Crippen molar-refractivity contribution in [2.75, 3.05) is 6.61 Å². The van der Waals surface area contributed by atoms with Crippen LogP contribution in [0.15, 0.2) is 24.3 Å². The number of hydrogen-bond acceptors (Lipinski definition) is 2. The Morgan fingerprint density at radius 3 is 2.57 bits per heavy atom. The predicted molar refractivity (Wildman–Crippen MR) is 94.9 cm³/mol. The minimum absolute atomic E-state index is 0.0278. The molecule has 0 aliphatic heterocycles. The molecule has 1 N–H and O–H groups in total. The van der Waals surface area contributed by atoms with E-state index in [4.69, 9.17) is 4.74 Å². The zero-order chi connectivity index (χ0) is 16.9. The molecule has 23 heavy (non-hydrogen) atoms. The van der Waals surface area contributed by atoms with Crippen molar-refractivity contribution in [2.45, 2.75) is 65.8 Å². The summed E-state index contributed by atoms with van der Waals surface area (Å²) >= 11 is 0. The number of benzene rings is 1. The Bertz CT molecular complexity index is 507. The quantitative estimate of drug-likeness (QED) is 0.765. The number of hydrogen-bond donors (Lipinski definition) is 1. The molecular weight excluding hydrogens is 286 g/mol. The summed E-state index contributed by atoms with van der Waals surface area (Å²) in [6, 6.07) is 7.76. The second-order valence-electron chi connectivity index (χ2n) is 7.81. The molecule has 0 saturated heterocycles. The summed E-state index contributed by atoms with van der Waals surface area (Å²) in [7, 11) is 0. The average Bonchev–Trinajstić information content (AvgIpc) is 2.46. The molecule has 1 aliphatic carbocycles. The second-order valence-corrected chi connectivity index (χ2v) is 7.81. The van der Waals surface area contributed by atoms with Crippen molar-refractivity contribution in [3.05, 3.63) is 29.8 Å². The van der Waals surface area contributed by atoms with Gasteiger partial charge in [-0.2, -0.15) is 0 Å². The number of carbonyl (C=O) groups excluding carboxylic acids is 1. The van der Waals surface area contributed by atoms with Crippen molar-refractivity contribution >= 4 is 5.91 Å². The smallest absolute Gasteiger partial charge is 0.251 e. The third kappa shape index (κ3) is 5.56. The molecule has 1 aromatic carbocycles. The monoisotopic (exact) mass is 317 g/mol. The van der Waals surface area contributed by atoms with Gasteiger partial charge in [0.2, 0.25) is 0 Å². The van der Waals surface area contributed by atoms with Gasteiger partial charge in [-0.3, -0.25) is 4.79 Å². The van der Waals surface area contributed by atoms with E-state index in [1.807, 2.05) is 24.3 Å². The van der Waals surface area contributed by atoms with Gasteiger partial charge in [0.1, 0.15) is 5.75 Å². The van der Waals surface area contributed by atoms with E-state index in [9.17, 15) is 4.79 Å². The van der Waals surface area contributed by atoms with Gasteiger partial charge in [-0.25, -0.2) is 0 Å². The van der Waals surface area contributed by atoms with E-state index in [0.717, 1.165) is 38.0 Å². The number of unbranched alkanes of at least 4 members (excludes halogenated alkanes) is 1. The molecule has 3 nitrogen and oxygen atoms in total. The second kappa shape index (κ2) is 7.85. The molecule has 0 aromatic heterocycles. The molecule has 128 valence electrons. The van der Waals surface area contributed by atoms with Crippen LogP contribution in [0.1, 0.15) is 70.2 Å². The SMILES string of the molecule is CCCCOc1ccc(C(=O)N[C@H]2C[C@H](C)CC(C)(C)C2)cc1. The van der Waals surface area contributed by atoms with Crippen molar-refractivity contribution in [3.8, 4) is 5.75 Å². The molecule has 2 rings (SSSR count). The van der Waals surface area contributed by atoms with Crippen LogP contribution in [0.5, 0.6) is 5.75 Å². The molecule has 0 unspecified atom stereocenters. The van der Waals surface area contributed by atoms with Crippen LogP contribution in [-0.4, -0.2) is 18.6 Å². The highest BCUT2D eigenvalue weighted by Crippen LogP contribution is 2.38. The van der Waals surface area contributed by atoms with Crippen molar-refractivity contribution in [1.29, 1.82) is 0 Å². The van der Waals surface area contributed by atoms with Gasteiger partial charge in [0.05, 0.1) is 6.61 Å². The van der Waals surface area contributed by atoms with Crippen LogP contribution in [0.2, 0.25) is 0 Å². The van der Waals surface area contributed by atoms with Crippen LogP contribution in [0.25, 0.3) is 0 Å². The summed E-state index contributed by atoms with van der Waals surface area (Å²) in [4.78, 5) is 12.5. The summed E-state index contributed by atoms with van der Waals surface area (Å²) in [6.07, 6.45) is 5.55. The van der Waals surface area contributed by atoms with E-state index in [1.54, 1.807) is 0 Å². The van der Waals surface area contributed by atoms with E-state index < -0.39 is 0 Å². The van der Waals surface area contributed by atoms with E-state index in [1.165, 1.54) is 6.42 Å². The largest absolute Gasteiger partial charge is 0.494 e. The van der Waals surface area contributed by atoms with Gasteiger partial charge in [0.15, 0.2) is 0 Å². The lowest BCUT2D eigenvalue weighted by Gasteiger charge is -2.39. The van der Waals surface area contributed by atoms with E-state index in [0.29, 0.717) is 16.9 Å². The van der Waals surface area contributed by atoms with Gasteiger partial charge in [0, 0.05) is 11.6 Å². The lowest BCUT2D eigenvalue weighted by molar-refractivity contribution is 0.0874. The molecule has 1 amide bonds. The van der Waals surface area contributed by atoms with E-state index in [-0.39, 0.29) is 11.9 Å². The summed E-state index contributed by atoms with van der Waals surface area (Å²) in [6.45, 7) is 9.75. The fraction of sp³-hybridized carbons (Fsp3) is 0.650. The normalized spacial score (nSPS) is 23.3. The highest BCUT2D eigenvalue weighted by atomic mass is 16.5. The van der Waals surface area contributed by atoms with Crippen molar-refractivity contribution < 1.29 is 9.53 Å². The minimum atomic E-state index is 0.0278. The Morgan fingerprint density at radius 2 is 1.96 bits per heavy atom. The van der Waals surface area contributed by atoms with Crippen LogP contribution in [0.4, 0.5) is 0 Å². The Morgan fingerprint density at radius 1 is 1.26 bits per heavy atom. The van der Waals surface area contributed by atoms with Gasteiger partial charge in [-0.1, -0.05) is 34.1 Å². The van der Waals surface area contributed by atoms with Crippen molar-refractivity contribution in [2.24, 2.45) is 11.3 Å². The molecule has 1 aliphatic rings. The first-order valence-electron chi connectivity index (χ1n) is 8.93. The number of amides is 1. The zero-order valence-electron chi connectivity index (χ0n) is 15.0. The molecule has 0 bridgehead atoms. The predicted octanol–water partition coefficient (Wildman–Crippen LogP) is 4.81. The Balaban J connectivity index is 1.90. The maximum atomic E-state index is 12.5. The third-order valence-corrected chi connectivity index (χ3v) is 4.61. The Hall–Kier alpha value is -1.51. The maximum absolute atomic E-state index is 12.5. The molecule has 1 fully saturated rings. The minimum Gasteiger partial charge on any atom is -0.494 e. The highest BCUT2D eigenvalue weighted by Gasteiger charge is 2.32.